The van der Waals surface area contributed by atoms with E-state index in [-0.39, 0.29) is 17.4 Å². The van der Waals surface area contributed by atoms with E-state index in [4.69, 9.17) is 5.11 Å². The van der Waals surface area contributed by atoms with E-state index in [9.17, 15) is 23.8 Å². The van der Waals surface area contributed by atoms with Crippen LogP contribution in [0.3, 0.4) is 0 Å². The average molecular weight is 255 g/mol. The van der Waals surface area contributed by atoms with Crippen LogP contribution >= 0.6 is 15.2 Å². The second-order valence-corrected chi connectivity index (χ2v) is 5.52. The van der Waals surface area contributed by atoms with Gasteiger partial charge in [-0.15, -0.1) is 0 Å². The first-order valence-electron chi connectivity index (χ1n) is 2.28. The van der Waals surface area contributed by atoms with E-state index in [2.05, 4.69) is 4.52 Å². The van der Waals surface area contributed by atoms with Gasteiger partial charge in [0.1, 0.15) is 5.59 Å². The number of aliphatic hydroxyl groups excluding tert-OH is 1. The predicted octanol–water partition coefficient (Wildman–Crippen LogP) is -2.63. The predicted molar refractivity (Wildman–Crippen MR) is 28.2 cm³/mol. The maximum atomic E-state index is 10.3. The third kappa shape index (κ3) is 4.15. The Balaban J connectivity index is 0. The molecule has 0 aliphatic rings. The number of hydrogen-bond acceptors (Lipinski definition) is 7. The molecule has 0 aromatic heterocycles. The molecule has 1 N–H and O–H groups in total. The summed E-state index contributed by atoms with van der Waals surface area (Å²) in [6, 6.07) is 0. The average Bonchev–Trinajstić information content (AvgIpc) is 1.84. The Labute approximate surface area is 79.2 Å². The van der Waals surface area contributed by atoms with E-state index in [1.54, 1.807) is 0 Å². The number of aliphatic hydroxyl groups is 1. The Morgan fingerprint density at radius 3 is 1.75 bits per heavy atom. The van der Waals surface area contributed by atoms with Crippen LogP contribution in [-0.4, -0.2) is 17.8 Å². The van der Waals surface area contributed by atoms with E-state index in [0.29, 0.717) is 7.11 Å². The van der Waals surface area contributed by atoms with Crippen molar-refractivity contribution in [3.63, 3.8) is 0 Å². The van der Waals surface area contributed by atoms with Crippen LogP contribution < -0.4 is 14.7 Å². The molecule has 0 aliphatic carbocycles. The van der Waals surface area contributed by atoms with Gasteiger partial charge in [0.2, 0.25) is 0 Å². The fraction of sp³-hybridized carbons (Fsp3) is 1.00. The standard InChI is InChI=1S/C2H8O7P2.Cr/c1-9-11(7,8)2(3)10(4,5)6;/h2-3H,1H3,(H,7,8)(H2,4,5,6);/q;+3/p-3. The maximum absolute atomic E-state index is 10.3. The maximum Gasteiger partial charge on any atom is 3.00 e. The molecule has 0 spiro atoms. The van der Waals surface area contributed by atoms with E-state index >= 15 is 0 Å². The molecule has 2 unspecified atom stereocenters. The molecule has 2 atom stereocenters. The summed E-state index contributed by atoms with van der Waals surface area (Å²) >= 11 is 0. The summed E-state index contributed by atoms with van der Waals surface area (Å²) in [6.07, 6.45) is 0. The van der Waals surface area contributed by atoms with Gasteiger partial charge in [0, 0.05) is 7.11 Å². The van der Waals surface area contributed by atoms with E-state index in [1.165, 1.54) is 0 Å². The molecule has 0 rings (SSSR count). The molecule has 1 radical (unpaired) electrons. The third-order valence-electron chi connectivity index (χ3n) is 0.820. The summed E-state index contributed by atoms with van der Waals surface area (Å²) < 4.78 is 23.8. The fourth-order valence-electron chi connectivity index (χ4n) is 0.267. The van der Waals surface area contributed by atoms with Crippen LogP contribution in [0.5, 0.6) is 0 Å². The van der Waals surface area contributed by atoms with E-state index in [0.717, 1.165) is 0 Å². The van der Waals surface area contributed by atoms with Crippen LogP contribution in [-0.2, 0) is 31.0 Å². The zero-order valence-corrected chi connectivity index (χ0v) is 8.84. The van der Waals surface area contributed by atoms with Gasteiger partial charge < -0.3 is 33.4 Å². The molecule has 0 bridgehead atoms. The molecule has 0 fully saturated rings. The van der Waals surface area contributed by atoms with Crippen molar-refractivity contribution in [2.24, 2.45) is 0 Å². The smallest absolute Gasteiger partial charge is 0.809 e. The Hall–Kier alpha value is 0.792. The minimum atomic E-state index is -5.54. The van der Waals surface area contributed by atoms with E-state index in [1.807, 2.05) is 0 Å². The first-order chi connectivity index (χ1) is 4.72. The first-order valence-corrected chi connectivity index (χ1v) is 5.50. The molecule has 7 nitrogen and oxygen atoms in total. The van der Waals surface area contributed by atoms with Gasteiger partial charge in [0.25, 0.3) is 0 Å². The Morgan fingerprint density at radius 1 is 1.33 bits per heavy atom. The van der Waals surface area contributed by atoms with Crippen LogP contribution in [0.25, 0.3) is 0 Å². The molecular formula is C2H5CrO7P2. The summed E-state index contributed by atoms with van der Waals surface area (Å²) in [5.74, 6) is 0. The van der Waals surface area contributed by atoms with Crippen molar-refractivity contribution in [3.8, 4) is 0 Å². The summed E-state index contributed by atoms with van der Waals surface area (Å²) in [4.78, 5) is 30.1. The van der Waals surface area contributed by atoms with Gasteiger partial charge in [0.05, 0.1) is 0 Å². The molecular weight excluding hydrogens is 250 g/mol. The number of rotatable bonds is 3. The van der Waals surface area contributed by atoms with Gasteiger partial charge in [-0.25, -0.2) is 0 Å². The zero-order chi connectivity index (χ0) is 9.28. The molecule has 10 heteroatoms. The molecule has 0 aromatic carbocycles. The van der Waals surface area contributed by atoms with Crippen LogP contribution in [0.2, 0.25) is 0 Å². The molecule has 0 heterocycles. The van der Waals surface area contributed by atoms with Crippen molar-refractivity contribution >= 4 is 15.2 Å². The van der Waals surface area contributed by atoms with Gasteiger partial charge in [-0.1, -0.05) is 0 Å². The minimum absolute atomic E-state index is 0. The second kappa shape index (κ2) is 4.87. The monoisotopic (exact) mass is 255 g/mol. The molecule has 0 aromatic rings. The van der Waals surface area contributed by atoms with Gasteiger partial charge >= 0.3 is 17.4 Å². The fourth-order valence-corrected chi connectivity index (χ4v) is 2.12. The van der Waals surface area contributed by atoms with Crippen molar-refractivity contribution in [3.05, 3.63) is 0 Å². The topological polar surface area (TPSA) is 133 Å². The van der Waals surface area contributed by atoms with Crippen LogP contribution in [0.15, 0.2) is 0 Å². The Kier molecular flexibility index (Phi) is 6.20. The van der Waals surface area contributed by atoms with Gasteiger partial charge in [-0.2, -0.15) is 0 Å². The van der Waals surface area contributed by atoms with Gasteiger partial charge in [-0.05, 0) is 7.60 Å². The van der Waals surface area contributed by atoms with Crippen molar-refractivity contribution in [1.29, 1.82) is 0 Å². The van der Waals surface area contributed by atoms with Gasteiger partial charge in [0.15, 0.2) is 7.60 Å². The van der Waals surface area contributed by atoms with Crippen molar-refractivity contribution in [2.75, 3.05) is 7.11 Å². The van der Waals surface area contributed by atoms with Crippen LogP contribution in [0.4, 0.5) is 0 Å². The largest absolute Gasteiger partial charge is 3.00 e. The summed E-state index contributed by atoms with van der Waals surface area (Å²) in [5.41, 5.74) is -3.00. The summed E-state index contributed by atoms with van der Waals surface area (Å²) in [5, 5.41) is 8.32. The van der Waals surface area contributed by atoms with Crippen molar-refractivity contribution in [2.45, 2.75) is 5.59 Å². The molecule has 71 valence electrons. The second-order valence-electron chi connectivity index (χ2n) is 1.61. The van der Waals surface area contributed by atoms with Crippen molar-refractivity contribution < 1.29 is 50.8 Å². The molecule has 0 saturated heterocycles. The first kappa shape index (κ1) is 15.3. The third-order valence-corrected chi connectivity index (χ3v) is 4.16. The Bertz CT molecular complexity index is 221. The SMILES string of the molecule is COP(=O)([O-])C(O)P(=O)([O-])[O-].[Cr+3]. The minimum Gasteiger partial charge on any atom is -0.809 e. The molecule has 0 aliphatic heterocycles. The normalized spacial score (nSPS) is 19.1. The van der Waals surface area contributed by atoms with E-state index < -0.39 is 20.8 Å². The number of hydrogen-bond donors (Lipinski definition) is 1. The molecule has 0 amide bonds. The summed E-state index contributed by atoms with van der Waals surface area (Å²) in [6.45, 7) is 0. The summed E-state index contributed by atoms with van der Waals surface area (Å²) in [7, 11) is -9.86. The van der Waals surface area contributed by atoms with Gasteiger partial charge in [-0.3, -0.25) is 0 Å². The quantitative estimate of drug-likeness (QED) is 0.545. The van der Waals surface area contributed by atoms with Crippen LogP contribution in [0.1, 0.15) is 0 Å². The molecule has 0 saturated carbocycles. The zero-order valence-electron chi connectivity index (χ0n) is 5.78. The van der Waals surface area contributed by atoms with Crippen molar-refractivity contribution in [1.82, 2.24) is 0 Å². The Morgan fingerprint density at radius 2 is 1.67 bits per heavy atom. The van der Waals surface area contributed by atoms with Crippen LogP contribution in [0, 0.1) is 0 Å². The molecule has 12 heavy (non-hydrogen) atoms.